The van der Waals surface area contributed by atoms with Crippen LogP contribution in [0.3, 0.4) is 0 Å². The minimum Gasteiger partial charge on any atom is -0.423 e. The molecule has 2 aromatic heterocycles. The summed E-state index contributed by atoms with van der Waals surface area (Å²) in [6.07, 6.45) is 1.26. The Bertz CT molecular complexity index is 1900. The number of rotatable bonds is 9. The second kappa shape index (κ2) is 11.7. The van der Waals surface area contributed by atoms with E-state index in [4.69, 9.17) is 10.5 Å². The molecule has 0 saturated heterocycles. The Kier molecular flexibility index (Phi) is 7.55. The molecule has 5 aromatic rings. The normalized spacial score (nSPS) is 10.9. The van der Waals surface area contributed by atoms with Gasteiger partial charge in [-0.2, -0.15) is 9.78 Å². The van der Waals surface area contributed by atoms with Crippen molar-refractivity contribution in [2.45, 2.75) is 0 Å². The number of carbonyl (C=O) groups is 2. The number of benzene rings is 3. The van der Waals surface area contributed by atoms with Crippen molar-refractivity contribution in [2.75, 3.05) is 5.73 Å². The molecule has 18 heteroatoms. The number of nitrogen functional groups attached to an aromatic ring is 1. The summed E-state index contributed by atoms with van der Waals surface area (Å²) in [5.41, 5.74) is 8.10. The summed E-state index contributed by atoms with van der Waals surface area (Å²) in [6, 6.07) is 16.5. The topological polar surface area (TPSA) is 250 Å². The van der Waals surface area contributed by atoms with Gasteiger partial charge in [0.1, 0.15) is 11.4 Å². The maximum Gasteiger partial charge on any atom is 0.343 e. The quantitative estimate of drug-likeness (QED) is 0.0832. The van der Waals surface area contributed by atoms with Gasteiger partial charge in [-0.1, -0.05) is 29.5 Å². The molecule has 0 saturated carbocycles. The number of amides is 1. The fourth-order valence-electron chi connectivity index (χ4n) is 3.71. The zero-order chi connectivity index (χ0) is 30.5. The van der Waals surface area contributed by atoms with Crippen molar-refractivity contribution in [1.29, 1.82) is 0 Å². The molecular weight excluding hydrogens is 568 g/mol. The lowest BCUT2D eigenvalue weighted by atomic mass is 10.1. The van der Waals surface area contributed by atoms with Crippen LogP contribution in [0.1, 0.15) is 26.4 Å². The van der Waals surface area contributed by atoms with E-state index in [9.17, 15) is 29.8 Å². The number of hydrazone groups is 1. The number of nitrogens with zero attached hydrogens (tertiary/aromatic N) is 8. The lowest BCUT2D eigenvalue weighted by Gasteiger charge is -2.06. The SMILES string of the molecule is Nc1nonc1-n1nnc(C(=O)N/N=C\c2cccc(OC(=O)c3ccc([N+](=O)[O-])cc3)c2)c1-c1cccc([N+](=O)[O-])c1. The van der Waals surface area contributed by atoms with Crippen molar-refractivity contribution in [3.8, 4) is 22.8 Å². The zero-order valence-electron chi connectivity index (χ0n) is 21.4. The van der Waals surface area contributed by atoms with Gasteiger partial charge >= 0.3 is 5.97 Å². The van der Waals surface area contributed by atoms with E-state index in [1.807, 2.05) is 0 Å². The lowest BCUT2D eigenvalue weighted by Crippen LogP contribution is -2.19. The van der Waals surface area contributed by atoms with E-state index in [0.29, 0.717) is 5.56 Å². The van der Waals surface area contributed by atoms with Gasteiger partial charge in [-0.25, -0.2) is 14.8 Å². The number of aromatic nitrogens is 5. The van der Waals surface area contributed by atoms with Gasteiger partial charge in [-0.3, -0.25) is 25.0 Å². The monoisotopic (exact) mass is 584 g/mol. The second-order valence-corrected chi connectivity index (χ2v) is 8.44. The molecule has 2 heterocycles. The molecule has 3 aromatic carbocycles. The standard InChI is InChI=1S/C25H16N10O8/c26-22-23(31-43-30-22)33-21(16-4-2-5-18(12-16)35(40)41)20(28-32-33)24(36)29-27-13-14-3-1-6-19(11-14)42-25(37)15-7-9-17(10-8-15)34(38)39/h1-13H,(H2,26,30)(H,29,36)/b27-13-. The number of hydrogen-bond acceptors (Lipinski definition) is 14. The average molecular weight is 584 g/mol. The van der Waals surface area contributed by atoms with Gasteiger partial charge in [0.05, 0.1) is 21.6 Å². The lowest BCUT2D eigenvalue weighted by molar-refractivity contribution is -0.385. The summed E-state index contributed by atoms with van der Waals surface area (Å²) < 4.78 is 11.0. The summed E-state index contributed by atoms with van der Waals surface area (Å²) in [4.78, 5) is 46.5. The minimum atomic E-state index is -0.834. The number of nitrogens with one attached hydrogen (secondary N) is 1. The summed E-state index contributed by atoms with van der Waals surface area (Å²) in [5.74, 6) is -1.70. The van der Waals surface area contributed by atoms with Crippen LogP contribution < -0.4 is 15.9 Å². The van der Waals surface area contributed by atoms with Crippen LogP contribution in [0.25, 0.3) is 17.1 Å². The number of carbonyl (C=O) groups excluding carboxylic acids is 2. The van der Waals surface area contributed by atoms with Gasteiger partial charge in [0.15, 0.2) is 5.69 Å². The van der Waals surface area contributed by atoms with Gasteiger partial charge in [-0.15, -0.1) is 5.10 Å². The number of ether oxygens (including phenoxy) is 1. The number of esters is 1. The Labute approximate surface area is 238 Å². The first-order valence-corrected chi connectivity index (χ1v) is 11.9. The molecule has 0 atom stereocenters. The smallest absolute Gasteiger partial charge is 0.343 e. The Morgan fingerprint density at radius 3 is 2.42 bits per heavy atom. The minimum absolute atomic E-state index is 0.000969. The molecule has 0 unspecified atom stereocenters. The van der Waals surface area contributed by atoms with E-state index in [-0.39, 0.29) is 51.3 Å². The molecular formula is C25H16N10O8. The third kappa shape index (κ3) is 6.01. The Balaban J connectivity index is 1.34. The number of nitrogens with two attached hydrogens (primary N) is 1. The van der Waals surface area contributed by atoms with Crippen LogP contribution in [0, 0.1) is 20.2 Å². The van der Waals surface area contributed by atoms with Crippen LogP contribution in [-0.2, 0) is 0 Å². The van der Waals surface area contributed by atoms with Crippen LogP contribution in [0.2, 0.25) is 0 Å². The van der Waals surface area contributed by atoms with E-state index in [1.165, 1.54) is 66.9 Å². The number of non-ortho nitro benzene ring substituents is 2. The molecule has 1 amide bonds. The van der Waals surface area contributed by atoms with E-state index in [2.05, 4.69) is 35.8 Å². The summed E-state index contributed by atoms with van der Waals surface area (Å²) in [5, 5.41) is 41.0. The van der Waals surface area contributed by atoms with E-state index in [0.717, 1.165) is 4.68 Å². The van der Waals surface area contributed by atoms with Crippen molar-refractivity contribution in [3.63, 3.8) is 0 Å². The molecule has 3 N–H and O–H groups in total. The molecule has 0 aliphatic heterocycles. The van der Waals surface area contributed by atoms with Crippen LogP contribution >= 0.6 is 0 Å². The van der Waals surface area contributed by atoms with Crippen LogP contribution in [0.4, 0.5) is 17.2 Å². The van der Waals surface area contributed by atoms with Gasteiger partial charge in [0.25, 0.3) is 17.3 Å². The maximum atomic E-state index is 13.1. The zero-order valence-corrected chi connectivity index (χ0v) is 21.4. The number of nitro benzene ring substituents is 2. The highest BCUT2D eigenvalue weighted by Gasteiger charge is 2.26. The molecule has 18 nitrogen and oxygen atoms in total. The van der Waals surface area contributed by atoms with Crippen LogP contribution in [0.15, 0.2) is 82.5 Å². The maximum absolute atomic E-state index is 13.1. The third-order valence-electron chi connectivity index (χ3n) is 5.67. The second-order valence-electron chi connectivity index (χ2n) is 8.44. The van der Waals surface area contributed by atoms with Crippen molar-refractivity contribution in [1.82, 2.24) is 30.7 Å². The third-order valence-corrected chi connectivity index (χ3v) is 5.67. The Morgan fingerprint density at radius 2 is 1.72 bits per heavy atom. The fraction of sp³-hybridized carbons (Fsp3) is 0. The largest absolute Gasteiger partial charge is 0.423 e. The van der Waals surface area contributed by atoms with Gasteiger partial charge in [0, 0.05) is 29.8 Å². The highest BCUT2D eigenvalue weighted by atomic mass is 16.6. The molecule has 43 heavy (non-hydrogen) atoms. The van der Waals surface area contributed by atoms with E-state index < -0.39 is 21.7 Å². The van der Waals surface area contributed by atoms with Gasteiger partial charge in [-0.05, 0) is 40.1 Å². The Hall–Kier alpha value is -6.85. The highest BCUT2D eigenvalue weighted by Crippen LogP contribution is 2.29. The molecule has 0 aliphatic rings. The van der Waals surface area contributed by atoms with Crippen LogP contribution in [-0.4, -0.2) is 53.2 Å². The van der Waals surface area contributed by atoms with Crippen LogP contribution in [0.5, 0.6) is 5.75 Å². The number of hydrogen-bond donors (Lipinski definition) is 2. The van der Waals surface area contributed by atoms with Crippen molar-refractivity contribution in [2.24, 2.45) is 5.10 Å². The first-order chi connectivity index (χ1) is 20.7. The van der Waals surface area contributed by atoms with E-state index >= 15 is 0 Å². The number of nitro groups is 2. The predicted octanol–water partition coefficient (Wildman–Crippen LogP) is 2.70. The van der Waals surface area contributed by atoms with Crippen molar-refractivity contribution < 1.29 is 28.8 Å². The number of anilines is 1. The fourth-order valence-corrected chi connectivity index (χ4v) is 3.71. The molecule has 5 rings (SSSR count). The molecule has 0 radical (unpaired) electrons. The van der Waals surface area contributed by atoms with Crippen molar-refractivity contribution >= 4 is 35.3 Å². The first-order valence-electron chi connectivity index (χ1n) is 11.9. The predicted molar refractivity (Wildman–Crippen MR) is 145 cm³/mol. The highest BCUT2D eigenvalue weighted by molar-refractivity contribution is 5.99. The molecule has 0 bridgehead atoms. The average Bonchev–Trinajstić information content (AvgIpc) is 3.63. The first kappa shape index (κ1) is 27.7. The Morgan fingerprint density at radius 1 is 0.977 bits per heavy atom. The summed E-state index contributed by atoms with van der Waals surface area (Å²) in [6.45, 7) is 0. The van der Waals surface area contributed by atoms with E-state index in [1.54, 1.807) is 12.1 Å². The molecule has 0 aliphatic carbocycles. The molecule has 0 spiro atoms. The molecule has 214 valence electrons. The van der Waals surface area contributed by atoms with Crippen molar-refractivity contribution in [3.05, 3.63) is 110 Å². The summed E-state index contributed by atoms with van der Waals surface area (Å²) >= 11 is 0. The van der Waals surface area contributed by atoms with Gasteiger partial charge < -0.3 is 10.5 Å². The molecule has 0 fully saturated rings. The van der Waals surface area contributed by atoms with Gasteiger partial charge in [0.2, 0.25) is 11.6 Å². The summed E-state index contributed by atoms with van der Waals surface area (Å²) in [7, 11) is 0.